The van der Waals surface area contributed by atoms with Gasteiger partial charge in [-0.05, 0) is 88.4 Å². The van der Waals surface area contributed by atoms with Crippen molar-refractivity contribution in [3.05, 3.63) is 95.8 Å². The van der Waals surface area contributed by atoms with E-state index in [1.807, 2.05) is 63.3 Å². The molecule has 0 fully saturated rings. The third-order valence-corrected chi connectivity index (χ3v) is 14.8. The number of rotatable bonds is 43. The van der Waals surface area contributed by atoms with Crippen molar-refractivity contribution in [3.8, 4) is 0 Å². The molecule has 0 aromatic heterocycles. The Morgan fingerprint density at radius 1 is 0.610 bits per heavy atom. The molecule has 2 N–H and O–H groups in total. The number of carboxylic acids is 1. The summed E-state index contributed by atoms with van der Waals surface area (Å²) in [4.78, 5) is 12.8. The van der Waals surface area contributed by atoms with Gasteiger partial charge in [-0.15, -0.1) is 0 Å². The summed E-state index contributed by atoms with van der Waals surface area (Å²) < 4.78 is 129. The zero-order chi connectivity index (χ0) is 56.0. The highest BCUT2D eigenvalue weighted by molar-refractivity contribution is 7.86. The van der Waals surface area contributed by atoms with Crippen LogP contribution in [0.4, 0.5) is 11.4 Å². The van der Waals surface area contributed by atoms with Crippen LogP contribution in [0.3, 0.4) is 0 Å². The van der Waals surface area contributed by atoms with Gasteiger partial charge >= 0.3 is 5.97 Å². The van der Waals surface area contributed by atoms with E-state index in [-0.39, 0.29) is 16.2 Å². The van der Waals surface area contributed by atoms with E-state index in [1.165, 1.54) is 24.3 Å². The normalized spacial score (nSPS) is 18.3. The van der Waals surface area contributed by atoms with Crippen LogP contribution in [0.2, 0.25) is 0 Å². The van der Waals surface area contributed by atoms with Crippen molar-refractivity contribution < 1.29 is 87.8 Å². The fraction of sp³-hybridized carbons (Fsp3) is 0.600. The number of hydrogen-bond donors (Lipinski definition) is 2. The van der Waals surface area contributed by atoms with Crippen LogP contribution in [-0.2, 0) is 83.2 Å². The number of benzene rings is 2. The SMILES string of the molecule is CCN1/C(=C/C=C/C=C/C=C/C2=[N+](CCCCCC(=O)O)c3ccc(S(=O)(=O)O)cc3C2(C)CCOCCOCCOCCOCCOC)C(C)(CCOCCOCCOCCOCCOC)c2cc(S(=O)(=O)[O-])ccc21. The van der Waals surface area contributed by atoms with Gasteiger partial charge in [0, 0.05) is 81.3 Å². The van der Waals surface area contributed by atoms with E-state index in [9.17, 15) is 35.8 Å². The summed E-state index contributed by atoms with van der Waals surface area (Å²) in [7, 11) is -6.03. The first kappa shape index (κ1) is 65.3. The number of methoxy groups -OCH3 is 2. The van der Waals surface area contributed by atoms with Crippen molar-refractivity contribution in [1.82, 2.24) is 0 Å². The molecule has 0 amide bonds. The summed E-state index contributed by atoms with van der Waals surface area (Å²) in [6.45, 7) is 14.6. The summed E-state index contributed by atoms with van der Waals surface area (Å²) in [6, 6.07) is 9.09. The predicted octanol–water partition coefficient (Wildman–Crippen LogP) is 6.39. The number of aliphatic carboxylic acids is 1. The summed E-state index contributed by atoms with van der Waals surface area (Å²) >= 11 is 0. The molecule has 0 bridgehead atoms. The number of likely N-dealkylation sites (N-methyl/N-ethyl adjacent to an activating group) is 1. The lowest BCUT2D eigenvalue weighted by atomic mass is 9.76. The second-order valence-electron chi connectivity index (χ2n) is 18.5. The molecule has 2 heterocycles. The minimum atomic E-state index is -4.73. The van der Waals surface area contributed by atoms with E-state index in [0.717, 1.165) is 22.8 Å². The smallest absolute Gasteiger partial charge is 0.303 e. The molecule has 2 aliphatic heterocycles. The average Bonchev–Trinajstić information content (AvgIpc) is 3.90. The highest BCUT2D eigenvalue weighted by atomic mass is 32.2. The van der Waals surface area contributed by atoms with E-state index in [4.69, 9.17) is 47.4 Å². The highest BCUT2D eigenvalue weighted by Crippen LogP contribution is 2.50. The Kier molecular flexibility index (Phi) is 29.4. The Labute approximate surface area is 456 Å². The topological polar surface area (TPSA) is 247 Å². The van der Waals surface area contributed by atoms with E-state index in [1.54, 1.807) is 26.4 Å². The van der Waals surface area contributed by atoms with Crippen molar-refractivity contribution in [2.75, 3.05) is 151 Å². The third kappa shape index (κ3) is 21.4. The minimum Gasteiger partial charge on any atom is -0.744 e. The second kappa shape index (κ2) is 34.7. The fourth-order valence-corrected chi connectivity index (χ4v) is 10.1. The summed E-state index contributed by atoms with van der Waals surface area (Å²) in [5, 5.41) is 9.24. The zero-order valence-corrected chi connectivity index (χ0v) is 47.2. The van der Waals surface area contributed by atoms with Gasteiger partial charge < -0.3 is 61.9 Å². The minimum absolute atomic E-state index is 0.0566. The zero-order valence-electron chi connectivity index (χ0n) is 45.5. The van der Waals surface area contributed by atoms with Crippen molar-refractivity contribution in [3.63, 3.8) is 0 Å². The third-order valence-electron chi connectivity index (χ3n) is 13.1. The number of unbranched alkanes of at least 4 members (excludes halogenated alkanes) is 2. The Balaban J connectivity index is 1.49. The van der Waals surface area contributed by atoms with Crippen LogP contribution in [-0.4, -0.2) is 194 Å². The lowest BCUT2D eigenvalue weighted by Gasteiger charge is -2.30. The molecular weight excluding hydrogens is 1040 g/mol. The van der Waals surface area contributed by atoms with E-state index in [2.05, 4.69) is 9.48 Å². The molecule has 0 radical (unpaired) electrons. The number of carboxylic acid groups (broad SMARTS) is 1. The Hall–Kier alpha value is -4.24. The molecule has 22 heteroatoms. The van der Waals surface area contributed by atoms with Crippen LogP contribution in [0, 0.1) is 0 Å². The maximum absolute atomic E-state index is 12.4. The maximum Gasteiger partial charge on any atom is 0.303 e. The summed E-state index contributed by atoms with van der Waals surface area (Å²) in [5.41, 5.74) is 3.26. The number of hydrogen-bond acceptors (Lipinski definition) is 17. The van der Waals surface area contributed by atoms with Crippen molar-refractivity contribution in [1.29, 1.82) is 0 Å². The summed E-state index contributed by atoms with van der Waals surface area (Å²) in [5.74, 6) is -0.859. The number of carbonyl (C=O) groups is 1. The first-order valence-electron chi connectivity index (χ1n) is 26.2. The standard InChI is InChI=1S/C55H82N2O18S2/c1-6-56-49-20-18-45(76(60,61)62)43-47(49)54(2,22-25-68-31-33-72-39-41-74-37-35-70-29-27-66-4)51(56)15-11-8-7-9-12-16-52-55(3,23-26-69-32-34-73-40-42-75-38-36-71-30-28-67-5)48-44-46(77(63,64)65)19-21-50(48)57(52)24-14-10-13-17-53(58)59/h7-9,11-12,15-16,18-21,43-44H,6,10,13-14,17,22-42H2,1-5H3,(H2-,58,59,60,61,62,63,64,65). The predicted molar refractivity (Wildman–Crippen MR) is 289 cm³/mol. The summed E-state index contributed by atoms with van der Waals surface area (Å²) in [6.07, 6.45) is 16.2. The fourth-order valence-electron chi connectivity index (χ4n) is 9.06. The van der Waals surface area contributed by atoms with Gasteiger partial charge in [0.15, 0.2) is 5.71 Å². The molecule has 0 aliphatic carbocycles. The van der Waals surface area contributed by atoms with Gasteiger partial charge in [-0.25, -0.2) is 8.42 Å². The van der Waals surface area contributed by atoms with Gasteiger partial charge in [0.1, 0.15) is 16.7 Å². The molecule has 0 saturated heterocycles. The molecule has 20 nitrogen and oxygen atoms in total. The van der Waals surface area contributed by atoms with Crippen LogP contribution >= 0.6 is 0 Å². The molecule has 0 saturated carbocycles. The monoisotopic (exact) mass is 1120 g/mol. The van der Waals surface area contributed by atoms with E-state index in [0.29, 0.717) is 175 Å². The Bertz CT molecular complexity index is 2500. The highest BCUT2D eigenvalue weighted by Gasteiger charge is 2.48. The average molecular weight is 1120 g/mol. The van der Waals surface area contributed by atoms with E-state index < -0.39 is 37.0 Å². The van der Waals surface area contributed by atoms with Crippen molar-refractivity contribution in [2.45, 2.75) is 79.9 Å². The maximum atomic E-state index is 12.4. The van der Waals surface area contributed by atoms with Gasteiger partial charge in [-0.2, -0.15) is 13.0 Å². The molecule has 2 atom stereocenters. The number of anilines is 1. The first-order valence-corrected chi connectivity index (χ1v) is 29.1. The molecule has 2 unspecified atom stereocenters. The van der Waals surface area contributed by atoms with Gasteiger partial charge in [0.05, 0.1) is 121 Å². The molecule has 2 aromatic rings. The molecule has 0 spiro atoms. The number of ether oxygens (including phenoxy) is 10. The largest absolute Gasteiger partial charge is 0.744 e. The lowest BCUT2D eigenvalue weighted by Crippen LogP contribution is -2.33. The molecule has 4 rings (SSSR count). The Morgan fingerprint density at radius 3 is 1.57 bits per heavy atom. The van der Waals surface area contributed by atoms with E-state index >= 15 is 0 Å². The number of nitrogens with zero attached hydrogens (tertiary/aromatic N) is 2. The van der Waals surface area contributed by atoms with Gasteiger partial charge in [0.25, 0.3) is 10.1 Å². The van der Waals surface area contributed by atoms with Gasteiger partial charge in [-0.3, -0.25) is 9.35 Å². The number of allylic oxidation sites excluding steroid dienone is 8. The van der Waals surface area contributed by atoms with Crippen molar-refractivity contribution in [2.24, 2.45) is 0 Å². The number of fused-ring (bicyclic) bond motifs is 2. The second-order valence-corrected chi connectivity index (χ2v) is 21.3. The van der Waals surface area contributed by atoms with Crippen LogP contribution in [0.15, 0.2) is 94.4 Å². The van der Waals surface area contributed by atoms with Crippen LogP contribution in [0.5, 0.6) is 0 Å². The molecule has 432 valence electrons. The first-order chi connectivity index (χ1) is 37.0. The molecule has 77 heavy (non-hydrogen) atoms. The lowest BCUT2D eigenvalue weighted by molar-refractivity contribution is -0.438. The van der Waals surface area contributed by atoms with Crippen LogP contribution in [0.25, 0.3) is 0 Å². The molecule has 2 aromatic carbocycles. The van der Waals surface area contributed by atoms with Crippen LogP contribution in [0.1, 0.15) is 70.4 Å². The quantitative estimate of drug-likeness (QED) is 0.0316. The van der Waals surface area contributed by atoms with Crippen LogP contribution < -0.4 is 4.90 Å². The molecule has 2 aliphatic rings. The van der Waals surface area contributed by atoms with Crippen molar-refractivity contribution >= 4 is 43.3 Å². The Morgan fingerprint density at radius 2 is 1.08 bits per heavy atom. The van der Waals surface area contributed by atoms with Gasteiger partial charge in [-0.1, -0.05) is 30.4 Å². The van der Waals surface area contributed by atoms with Gasteiger partial charge in [0.2, 0.25) is 5.69 Å². The molecular formula is C55H82N2O18S2.